The Kier molecular flexibility index (Phi) is 2.17. The fourth-order valence-corrected chi connectivity index (χ4v) is 1.81. The third-order valence-corrected chi connectivity index (χ3v) is 2.52. The Morgan fingerprint density at radius 2 is 1.92 bits per heavy atom. The first-order chi connectivity index (χ1) is 5.95. The lowest BCUT2D eigenvalue weighted by atomic mass is 10.4. The summed E-state index contributed by atoms with van der Waals surface area (Å²) >= 11 is 1.74. The van der Waals surface area contributed by atoms with Gasteiger partial charge in [-0.05, 0) is 24.3 Å². The molecule has 0 atom stereocenters. The predicted octanol–water partition coefficient (Wildman–Crippen LogP) is 3.39. The van der Waals surface area contributed by atoms with E-state index in [0.717, 1.165) is 0 Å². The molecular weight excluding hydrogens is 164 g/mol. The molecule has 0 fully saturated rings. The van der Waals surface area contributed by atoms with Crippen LogP contribution in [0.5, 0.6) is 0 Å². The van der Waals surface area contributed by atoms with Gasteiger partial charge in [0.15, 0.2) is 0 Å². The molecule has 0 aliphatic heterocycles. The summed E-state index contributed by atoms with van der Waals surface area (Å²) in [7, 11) is 0. The topological polar surface area (TPSA) is 0 Å². The second-order valence-corrected chi connectivity index (χ2v) is 3.56. The van der Waals surface area contributed by atoms with E-state index in [0.29, 0.717) is 0 Å². The molecule has 0 amide bonds. The highest BCUT2D eigenvalue weighted by atomic mass is 32.2. The summed E-state index contributed by atoms with van der Waals surface area (Å²) in [6, 6.07) is 10.3. The molecule has 58 valence electrons. The largest absolute Gasteiger partial charge is 0.106 e. The molecule has 1 heteroatoms. The summed E-state index contributed by atoms with van der Waals surface area (Å²) in [5, 5.41) is 0. The lowest BCUT2D eigenvalue weighted by Crippen LogP contribution is -1.68. The Balaban J connectivity index is 2.15. The first kappa shape index (κ1) is 7.48. The number of allylic oxidation sites excluding steroid dienone is 2. The minimum Gasteiger partial charge on any atom is -0.106 e. The third kappa shape index (κ3) is 1.70. The van der Waals surface area contributed by atoms with Gasteiger partial charge in [0.1, 0.15) is 0 Å². The third-order valence-electron chi connectivity index (χ3n) is 1.54. The van der Waals surface area contributed by atoms with E-state index >= 15 is 0 Å². The van der Waals surface area contributed by atoms with Gasteiger partial charge < -0.3 is 0 Å². The maximum atomic E-state index is 3.15. The highest BCUT2D eigenvalue weighted by molar-refractivity contribution is 8.03. The lowest BCUT2D eigenvalue weighted by Gasteiger charge is -1.96. The van der Waals surface area contributed by atoms with Crippen molar-refractivity contribution in [2.24, 2.45) is 0 Å². The first-order valence-corrected chi connectivity index (χ1v) is 4.63. The van der Waals surface area contributed by atoms with Gasteiger partial charge in [0.05, 0.1) is 4.91 Å². The summed E-state index contributed by atoms with van der Waals surface area (Å²) in [5.74, 6) is 0. The smallest absolute Gasteiger partial charge is 0.0541 e. The maximum Gasteiger partial charge on any atom is 0.0541 e. The van der Waals surface area contributed by atoms with E-state index in [1.54, 1.807) is 11.8 Å². The quantitative estimate of drug-likeness (QED) is 0.616. The average Bonchev–Trinajstić information content (AvgIpc) is 2.59. The number of hydrogen-bond donors (Lipinski definition) is 0. The van der Waals surface area contributed by atoms with Crippen molar-refractivity contribution in [3.05, 3.63) is 59.2 Å². The number of thioether (sulfide) groups is 1. The van der Waals surface area contributed by atoms with Crippen LogP contribution in [0.4, 0.5) is 0 Å². The molecule has 2 rings (SSSR count). The molecule has 0 saturated heterocycles. The molecule has 0 N–H and O–H groups in total. The fourth-order valence-electron chi connectivity index (χ4n) is 0.993. The molecule has 0 radical (unpaired) electrons. The van der Waals surface area contributed by atoms with Crippen molar-refractivity contribution in [3.8, 4) is 0 Å². The van der Waals surface area contributed by atoms with Gasteiger partial charge >= 0.3 is 0 Å². The Labute approximate surface area is 76.3 Å². The SMILES string of the molecule is C1=CC=CC=1Sc1ccccc1. The van der Waals surface area contributed by atoms with Gasteiger partial charge in [-0.2, -0.15) is 0 Å². The van der Waals surface area contributed by atoms with Gasteiger partial charge in [-0.25, -0.2) is 0 Å². The molecule has 0 unspecified atom stereocenters. The Morgan fingerprint density at radius 3 is 2.58 bits per heavy atom. The molecule has 0 heterocycles. The molecule has 1 aliphatic carbocycles. The summed E-state index contributed by atoms with van der Waals surface area (Å²) < 4.78 is 0. The summed E-state index contributed by atoms with van der Waals surface area (Å²) in [6.07, 6.45) is 6.01. The van der Waals surface area contributed by atoms with Crippen molar-refractivity contribution in [2.75, 3.05) is 0 Å². The summed E-state index contributed by atoms with van der Waals surface area (Å²) in [6.45, 7) is 0. The van der Waals surface area contributed by atoms with Crippen LogP contribution in [-0.2, 0) is 0 Å². The first-order valence-electron chi connectivity index (χ1n) is 3.81. The monoisotopic (exact) mass is 172 g/mol. The van der Waals surface area contributed by atoms with E-state index in [-0.39, 0.29) is 0 Å². The molecule has 0 nitrogen and oxygen atoms in total. The van der Waals surface area contributed by atoms with Gasteiger partial charge in [-0.1, -0.05) is 36.0 Å². The second-order valence-electron chi connectivity index (χ2n) is 2.45. The fraction of sp³-hybridized carbons (Fsp3) is 0. The highest BCUT2D eigenvalue weighted by Gasteiger charge is 1.96. The van der Waals surface area contributed by atoms with E-state index in [1.165, 1.54) is 9.80 Å². The molecule has 1 aromatic rings. The van der Waals surface area contributed by atoms with Crippen LogP contribution in [0.2, 0.25) is 0 Å². The van der Waals surface area contributed by atoms with E-state index in [4.69, 9.17) is 0 Å². The Bertz CT molecular complexity index is 354. The van der Waals surface area contributed by atoms with Gasteiger partial charge in [0.25, 0.3) is 0 Å². The summed E-state index contributed by atoms with van der Waals surface area (Å²) in [5.41, 5.74) is 3.15. The molecule has 1 aliphatic rings. The minimum absolute atomic E-state index is 1.18. The van der Waals surface area contributed by atoms with E-state index in [9.17, 15) is 0 Å². The van der Waals surface area contributed by atoms with E-state index < -0.39 is 0 Å². The van der Waals surface area contributed by atoms with Crippen molar-refractivity contribution in [1.82, 2.24) is 0 Å². The predicted molar refractivity (Wildman–Crippen MR) is 53.0 cm³/mol. The molecule has 0 aromatic heterocycles. The average molecular weight is 172 g/mol. The van der Waals surface area contributed by atoms with E-state index in [1.807, 2.05) is 30.4 Å². The minimum atomic E-state index is 1.18. The molecular formula is C11H8S. The molecule has 12 heavy (non-hydrogen) atoms. The van der Waals surface area contributed by atoms with Crippen LogP contribution in [0.25, 0.3) is 0 Å². The van der Waals surface area contributed by atoms with Crippen LogP contribution < -0.4 is 0 Å². The second kappa shape index (κ2) is 3.48. The van der Waals surface area contributed by atoms with Crippen LogP contribution in [0.15, 0.2) is 64.1 Å². The van der Waals surface area contributed by atoms with Crippen LogP contribution in [0.3, 0.4) is 0 Å². The van der Waals surface area contributed by atoms with Crippen molar-refractivity contribution in [1.29, 1.82) is 0 Å². The van der Waals surface area contributed by atoms with E-state index in [2.05, 4.69) is 23.9 Å². The molecule has 0 bridgehead atoms. The zero-order valence-electron chi connectivity index (χ0n) is 6.53. The number of benzene rings is 1. The molecule has 0 saturated carbocycles. The van der Waals surface area contributed by atoms with Crippen LogP contribution >= 0.6 is 11.8 Å². The summed E-state index contributed by atoms with van der Waals surface area (Å²) in [4.78, 5) is 2.45. The molecule has 1 aromatic carbocycles. The van der Waals surface area contributed by atoms with Gasteiger partial charge in [0.2, 0.25) is 0 Å². The van der Waals surface area contributed by atoms with Crippen LogP contribution in [-0.4, -0.2) is 0 Å². The highest BCUT2D eigenvalue weighted by Crippen LogP contribution is 2.27. The van der Waals surface area contributed by atoms with Crippen LogP contribution in [0, 0.1) is 0 Å². The lowest BCUT2D eigenvalue weighted by molar-refractivity contribution is 1.47. The normalized spacial score (nSPS) is 13.5. The maximum absolute atomic E-state index is 3.15. The van der Waals surface area contributed by atoms with Crippen molar-refractivity contribution in [2.45, 2.75) is 4.90 Å². The van der Waals surface area contributed by atoms with Crippen molar-refractivity contribution in [3.63, 3.8) is 0 Å². The standard InChI is InChI=1S/C11H8S/c1-2-6-10(7-3-1)12-11-8-4-5-9-11/h1-8H. The van der Waals surface area contributed by atoms with Gasteiger partial charge in [-0.15, -0.1) is 5.73 Å². The Morgan fingerprint density at radius 1 is 1.08 bits per heavy atom. The van der Waals surface area contributed by atoms with Gasteiger partial charge in [-0.3, -0.25) is 0 Å². The zero-order valence-corrected chi connectivity index (χ0v) is 7.34. The molecule has 0 spiro atoms. The van der Waals surface area contributed by atoms with Crippen LogP contribution in [0.1, 0.15) is 0 Å². The van der Waals surface area contributed by atoms with Gasteiger partial charge in [0, 0.05) is 4.90 Å². The van der Waals surface area contributed by atoms with Crippen molar-refractivity contribution < 1.29 is 0 Å². The number of hydrogen-bond acceptors (Lipinski definition) is 1. The van der Waals surface area contributed by atoms with Crippen molar-refractivity contribution >= 4 is 11.8 Å². The zero-order chi connectivity index (χ0) is 8.23. The number of rotatable bonds is 2. The Hall–Kier alpha value is -1.17.